The average Bonchev–Trinajstić information content (AvgIpc) is 2.49. The van der Waals surface area contributed by atoms with Gasteiger partial charge < -0.3 is 29.4 Å². The first-order valence-corrected chi connectivity index (χ1v) is 7.08. The van der Waals surface area contributed by atoms with Crippen molar-refractivity contribution in [1.82, 2.24) is 0 Å². The molecule has 0 aliphatic rings. The van der Waals surface area contributed by atoms with Crippen LogP contribution in [-0.2, 0) is 28.5 Å². The molecule has 0 atom stereocenters. The zero-order chi connectivity index (χ0) is 15.6. The van der Waals surface area contributed by atoms with Gasteiger partial charge in [0.1, 0.15) is 6.61 Å². The van der Waals surface area contributed by atoms with Crippen molar-refractivity contribution in [3.63, 3.8) is 0 Å². The summed E-state index contributed by atoms with van der Waals surface area (Å²) in [6, 6.07) is 0. The zero-order valence-electron chi connectivity index (χ0n) is 13.0. The van der Waals surface area contributed by atoms with Crippen LogP contribution in [0.5, 0.6) is 0 Å². The highest BCUT2D eigenvalue weighted by Crippen LogP contribution is 1.89. The first kappa shape index (κ1) is 23.6. The van der Waals surface area contributed by atoms with Crippen molar-refractivity contribution in [2.45, 2.75) is 6.42 Å². The smallest absolute Gasteiger partial charge is 0.308 e. The van der Waals surface area contributed by atoms with Gasteiger partial charge in [-0.25, -0.2) is 0 Å². The number of hydrogen-bond donors (Lipinski definition) is 1. The number of ether oxygens (including phenoxy) is 5. The maximum absolute atomic E-state index is 11.1. The van der Waals surface area contributed by atoms with Crippen LogP contribution in [0, 0.1) is 0 Å². The van der Waals surface area contributed by atoms with Gasteiger partial charge in [-0.3, -0.25) is 4.79 Å². The van der Waals surface area contributed by atoms with E-state index in [0.29, 0.717) is 59.4 Å². The molecule has 0 fully saturated rings. The van der Waals surface area contributed by atoms with Gasteiger partial charge in [0.05, 0.1) is 59.3 Å². The van der Waals surface area contributed by atoms with Crippen LogP contribution in [-0.4, -0.2) is 72.0 Å². The lowest BCUT2D eigenvalue weighted by Gasteiger charge is -2.07. The normalized spacial score (nSPS) is 10.0. The zero-order valence-corrected chi connectivity index (χ0v) is 13.8. The molecule has 0 heterocycles. The second-order valence-electron chi connectivity index (χ2n) is 3.96. The molecule has 132 valence electrons. The SMILES string of the molecule is C=CCOC(=O)CCOCCOCCOCCOCCN.Cl. The van der Waals surface area contributed by atoms with Crippen LogP contribution in [0.25, 0.3) is 0 Å². The Labute approximate surface area is 138 Å². The van der Waals surface area contributed by atoms with Crippen LogP contribution in [0.3, 0.4) is 0 Å². The van der Waals surface area contributed by atoms with Gasteiger partial charge in [-0.2, -0.15) is 0 Å². The van der Waals surface area contributed by atoms with Gasteiger partial charge >= 0.3 is 5.97 Å². The lowest BCUT2D eigenvalue weighted by molar-refractivity contribution is -0.143. The van der Waals surface area contributed by atoms with E-state index in [1.807, 2.05) is 0 Å². The van der Waals surface area contributed by atoms with Crippen molar-refractivity contribution < 1.29 is 28.5 Å². The van der Waals surface area contributed by atoms with Gasteiger partial charge in [-0.05, 0) is 0 Å². The van der Waals surface area contributed by atoms with E-state index in [0.717, 1.165) is 0 Å². The van der Waals surface area contributed by atoms with Crippen molar-refractivity contribution in [3.05, 3.63) is 12.7 Å². The van der Waals surface area contributed by atoms with Crippen LogP contribution in [0.1, 0.15) is 6.42 Å². The van der Waals surface area contributed by atoms with E-state index < -0.39 is 0 Å². The summed E-state index contributed by atoms with van der Waals surface area (Å²) in [7, 11) is 0. The Bertz CT molecular complexity index is 255. The Balaban J connectivity index is 0. The summed E-state index contributed by atoms with van der Waals surface area (Å²) in [6.07, 6.45) is 1.76. The standard InChI is InChI=1S/C14H27NO6.ClH/c1-2-5-21-14(16)3-6-17-8-10-19-12-13-20-11-9-18-7-4-15;/h2H,1,3-13,15H2;1H. The predicted octanol–water partition coefficient (Wildman–Crippen LogP) is 0.553. The van der Waals surface area contributed by atoms with Crippen LogP contribution in [0.4, 0.5) is 0 Å². The summed E-state index contributed by atoms with van der Waals surface area (Å²) >= 11 is 0. The number of esters is 1. The van der Waals surface area contributed by atoms with E-state index in [-0.39, 0.29) is 31.4 Å². The fourth-order valence-corrected chi connectivity index (χ4v) is 1.22. The van der Waals surface area contributed by atoms with Crippen molar-refractivity contribution in [2.24, 2.45) is 5.73 Å². The highest BCUT2D eigenvalue weighted by atomic mass is 35.5. The fraction of sp³-hybridized carbons (Fsp3) is 0.786. The van der Waals surface area contributed by atoms with Gasteiger partial charge in [-0.1, -0.05) is 12.7 Å². The Morgan fingerprint density at radius 3 is 1.77 bits per heavy atom. The van der Waals surface area contributed by atoms with Crippen LogP contribution < -0.4 is 5.73 Å². The van der Waals surface area contributed by atoms with Gasteiger partial charge in [0, 0.05) is 6.54 Å². The minimum Gasteiger partial charge on any atom is -0.461 e. The van der Waals surface area contributed by atoms with Gasteiger partial charge in [0.25, 0.3) is 0 Å². The number of hydrogen-bond acceptors (Lipinski definition) is 7. The number of rotatable bonds is 16. The average molecular weight is 342 g/mol. The summed E-state index contributed by atoms with van der Waals surface area (Å²) < 4.78 is 25.7. The number of nitrogens with two attached hydrogens (primary N) is 1. The molecule has 2 N–H and O–H groups in total. The number of halogens is 1. The maximum atomic E-state index is 11.1. The summed E-state index contributed by atoms with van der Waals surface area (Å²) in [4.78, 5) is 11.1. The molecule has 0 saturated heterocycles. The van der Waals surface area contributed by atoms with E-state index in [9.17, 15) is 4.79 Å². The molecule has 0 aromatic heterocycles. The molecule has 22 heavy (non-hydrogen) atoms. The highest BCUT2D eigenvalue weighted by molar-refractivity contribution is 5.85. The minimum absolute atomic E-state index is 0. The topological polar surface area (TPSA) is 89.2 Å². The van der Waals surface area contributed by atoms with E-state index in [1.165, 1.54) is 6.08 Å². The first-order chi connectivity index (χ1) is 10.3. The summed E-state index contributed by atoms with van der Waals surface area (Å²) in [6.45, 7) is 8.09. The second-order valence-corrected chi connectivity index (χ2v) is 3.96. The molecule has 0 aromatic rings. The molecule has 0 radical (unpaired) electrons. The van der Waals surface area contributed by atoms with Crippen molar-refractivity contribution >= 4 is 18.4 Å². The van der Waals surface area contributed by atoms with E-state index in [1.54, 1.807) is 0 Å². The van der Waals surface area contributed by atoms with E-state index in [2.05, 4.69) is 6.58 Å². The number of carbonyl (C=O) groups is 1. The Morgan fingerprint density at radius 1 is 0.864 bits per heavy atom. The predicted molar refractivity (Wildman–Crippen MR) is 85.4 cm³/mol. The first-order valence-electron chi connectivity index (χ1n) is 7.08. The van der Waals surface area contributed by atoms with Gasteiger partial charge in [0.15, 0.2) is 0 Å². The summed E-state index contributed by atoms with van der Waals surface area (Å²) in [5.41, 5.74) is 5.27. The third-order valence-electron chi connectivity index (χ3n) is 2.19. The van der Waals surface area contributed by atoms with Crippen LogP contribution in [0.2, 0.25) is 0 Å². The molecule has 7 nitrogen and oxygen atoms in total. The van der Waals surface area contributed by atoms with Crippen molar-refractivity contribution in [3.8, 4) is 0 Å². The maximum Gasteiger partial charge on any atom is 0.308 e. The molecule has 0 aliphatic heterocycles. The van der Waals surface area contributed by atoms with E-state index >= 15 is 0 Å². The molecular weight excluding hydrogens is 314 g/mol. The second kappa shape index (κ2) is 20.3. The number of carbonyl (C=O) groups excluding carboxylic acids is 1. The van der Waals surface area contributed by atoms with Crippen LogP contribution >= 0.6 is 12.4 Å². The molecule has 0 bridgehead atoms. The molecule has 0 saturated carbocycles. The molecule has 0 amide bonds. The van der Waals surface area contributed by atoms with Crippen molar-refractivity contribution in [1.29, 1.82) is 0 Å². The van der Waals surface area contributed by atoms with Gasteiger partial charge in [0.2, 0.25) is 0 Å². The lowest BCUT2D eigenvalue weighted by atomic mass is 10.5. The molecule has 0 unspecified atom stereocenters. The largest absolute Gasteiger partial charge is 0.461 e. The molecular formula is C14H28ClNO6. The van der Waals surface area contributed by atoms with E-state index in [4.69, 9.17) is 29.4 Å². The highest BCUT2D eigenvalue weighted by Gasteiger charge is 2.00. The Kier molecular flexibility index (Phi) is 21.7. The van der Waals surface area contributed by atoms with Crippen LogP contribution in [0.15, 0.2) is 12.7 Å². The summed E-state index contributed by atoms with van der Waals surface area (Å²) in [5, 5.41) is 0. The molecule has 0 spiro atoms. The lowest BCUT2D eigenvalue weighted by Crippen LogP contribution is -2.15. The Hall–Kier alpha value is -0.700. The Morgan fingerprint density at radius 2 is 1.32 bits per heavy atom. The minimum atomic E-state index is -0.291. The molecule has 0 rings (SSSR count). The molecule has 0 aromatic carbocycles. The van der Waals surface area contributed by atoms with Gasteiger partial charge in [-0.15, -0.1) is 12.4 Å². The molecule has 8 heteroatoms. The molecule has 0 aliphatic carbocycles. The van der Waals surface area contributed by atoms with Crippen molar-refractivity contribution in [2.75, 3.05) is 66.0 Å². The third-order valence-corrected chi connectivity index (χ3v) is 2.19. The monoisotopic (exact) mass is 341 g/mol. The quantitative estimate of drug-likeness (QED) is 0.249. The third kappa shape index (κ3) is 19.3. The summed E-state index contributed by atoms with van der Waals surface area (Å²) in [5.74, 6) is -0.291. The fourth-order valence-electron chi connectivity index (χ4n) is 1.22.